The number of aromatic amines is 1. The standard InChI is InChI=1S/C30H31N5O3/c1-19-6-3-8-21(14-19)28(36)33-12-5-10-23(17-33)26-16-27-31-25-11-13-34(18-24(25)30(38)35(27)32-26)29(37)22-9-4-7-20(2)15-22/h3-4,6-9,14-16,23,32H,5,10-13,17-18H2,1-2H3/t23-/m0/s1. The summed E-state index contributed by atoms with van der Waals surface area (Å²) in [6, 6.07) is 17.2. The average Bonchev–Trinajstić information content (AvgIpc) is 3.37. The molecule has 4 aromatic rings. The molecule has 1 saturated heterocycles. The molecule has 2 aliphatic heterocycles. The topological polar surface area (TPSA) is 90.8 Å². The highest BCUT2D eigenvalue weighted by Gasteiger charge is 2.29. The van der Waals surface area contributed by atoms with E-state index in [0.29, 0.717) is 41.8 Å². The zero-order chi connectivity index (χ0) is 26.4. The number of likely N-dealkylation sites (tertiary alicyclic amines) is 1. The number of nitrogens with zero attached hydrogens (tertiary/aromatic N) is 4. The smallest absolute Gasteiger partial charge is 0.277 e. The summed E-state index contributed by atoms with van der Waals surface area (Å²) >= 11 is 0. The molecule has 4 heterocycles. The third kappa shape index (κ3) is 4.40. The molecule has 0 saturated carbocycles. The molecule has 6 rings (SSSR count). The first-order valence-corrected chi connectivity index (χ1v) is 13.2. The highest BCUT2D eigenvalue weighted by atomic mass is 16.2. The molecule has 38 heavy (non-hydrogen) atoms. The van der Waals surface area contributed by atoms with Crippen molar-refractivity contribution in [3.8, 4) is 0 Å². The number of aromatic nitrogens is 3. The molecule has 2 aromatic carbocycles. The van der Waals surface area contributed by atoms with Crippen LogP contribution in [0.5, 0.6) is 0 Å². The summed E-state index contributed by atoms with van der Waals surface area (Å²) < 4.78 is 1.50. The van der Waals surface area contributed by atoms with Crippen LogP contribution in [-0.2, 0) is 13.0 Å². The zero-order valence-electron chi connectivity index (χ0n) is 21.7. The minimum absolute atomic E-state index is 0.0404. The number of fused-ring (bicyclic) bond motifs is 2. The molecular weight excluding hydrogens is 478 g/mol. The fraction of sp³-hybridized carbons (Fsp3) is 0.333. The van der Waals surface area contributed by atoms with E-state index >= 15 is 0 Å². The Balaban J connectivity index is 1.25. The van der Waals surface area contributed by atoms with Gasteiger partial charge in [-0.2, -0.15) is 0 Å². The van der Waals surface area contributed by atoms with E-state index in [1.165, 1.54) is 4.52 Å². The van der Waals surface area contributed by atoms with Crippen molar-refractivity contribution in [3.05, 3.63) is 104 Å². The van der Waals surface area contributed by atoms with Crippen molar-refractivity contribution >= 4 is 17.5 Å². The molecule has 0 bridgehead atoms. The van der Waals surface area contributed by atoms with E-state index in [9.17, 15) is 14.4 Å². The number of aryl methyl sites for hydroxylation is 2. The van der Waals surface area contributed by atoms with Gasteiger partial charge in [0.2, 0.25) is 0 Å². The van der Waals surface area contributed by atoms with Gasteiger partial charge in [0.05, 0.1) is 17.8 Å². The third-order valence-electron chi connectivity index (χ3n) is 7.75. The Morgan fingerprint density at radius 3 is 2.29 bits per heavy atom. The van der Waals surface area contributed by atoms with Crippen LogP contribution < -0.4 is 5.56 Å². The van der Waals surface area contributed by atoms with Gasteiger partial charge in [-0.3, -0.25) is 19.5 Å². The van der Waals surface area contributed by atoms with Crippen molar-refractivity contribution in [1.29, 1.82) is 0 Å². The summed E-state index contributed by atoms with van der Waals surface area (Å²) in [6.07, 6.45) is 2.37. The van der Waals surface area contributed by atoms with Crippen LogP contribution in [0.2, 0.25) is 0 Å². The van der Waals surface area contributed by atoms with Gasteiger partial charge in [0, 0.05) is 54.9 Å². The van der Waals surface area contributed by atoms with Gasteiger partial charge in [-0.25, -0.2) is 9.50 Å². The van der Waals surface area contributed by atoms with E-state index in [2.05, 4.69) is 5.10 Å². The van der Waals surface area contributed by atoms with E-state index in [1.807, 2.05) is 73.3 Å². The van der Waals surface area contributed by atoms with Gasteiger partial charge in [0.1, 0.15) is 0 Å². The summed E-state index contributed by atoms with van der Waals surface area (Å²) in [5, 5.41) is 3.28. The van der Waals surface area contributed by atoms with Gasteiger partial charge in [-0.05, 0) is 51.0 Å². The molecule has 0 unspecified atom stereocenters. The molecule has 194 valence electrons. The first kappa shape index (κ1) is 24.2. The Morgan fingerprint density at radius 2 is 1.61 bits per heavy atom. The molecule has 8 heteroatoms. The lowest BCUT2D eigenvalue weighted by atomic mass is 9.94. The van der Waals surface area contributed by atoms with Crippen molar-refractivity contribution in [3.63, 3.8) is 0 Å². The van der Waals surface area contributed by atoms with Crippen molar-refractivity contribution in [2.24, 2.45) is 0 Å². The molecule has 1 atom stereocenters. The molecular formula is C30H31N5O3. The number of H-pyrrole nitrogens is 1. The average molecular weight is 510 g/mol. The second kappa shape index (κ2) is 9.59. The Labute approximate surface area is 220 Å². The van der Waals surface area contributed by atoms with Crippen LogP contribution >= 0.6 is 0 Å². The van der Waals surface area contributed by atoms with E-state index in [1.54, 1.807) is 4.90 Å². The molecule has 0 radical (unpaired) electrons. The maximum atomic E-state index is 13.5. The fourth-order valence-electron chi connectivity index (χ4n) is 5.72. The molecule has 0 spiro atoms. The summed E-state index contributed by atoms with van der Waals surface area (Å²) in [7, 11) is 0. The highest BCUT2D eigenvalue weighted by Crippen LogP contribution is 2.28. The molecule has 2 aromatic heterocycles. The number of hydrogen-bond donors (Lipinski definition) is 1. The number of piperidine rings is 1. The third-order valence-corrected chi connectivity index (χ3v) is 7.75. The van der Waals surface area contributed by atoms with Gasteiger partial charge in [0.25, 0.3) is 17.4 Å². The van der Waals surface area contributed by atoms with Crippen LogP contribution in [0.3, 0.4) is 0 Å². The lowest BCUT2D eigenvalue weighted by Crippen LogP contribution is -2.40. The second-order valence-corrected chi connectivity index (χ2v) is 10.6. The molecule has 2 aliphatic rings. The number of rotatable bonds is 3. The lowest BCUT2D eigenvalue weighted by molar-refractivity contribution is 0.0703. The monoisotopic (exact) mass is 509 g/mol. The first-order valence-electron chi connectivity index (χ1n) is 13.2. The molecule has 1 N–H and O–H groups in total. The SMILES string of the molecule is Cc1cccc(C(=O)N2CCc3nc4cc([C@H]5CCCN(C(=O)c6cccc(C)c6)C5)[nH]n4c(=O)c3C2)c1. The van der Waals surface area contributed by atoms with Crippen molar-refractivity contribution in [2.75, 3.05) is 19.6 Å². The minimum Gasteiger partial charge on any atom is -0.338 e. The quantitative estimate of drug-likeness (QED) is 0.454. The van der Waals surface area contributed by atoms with Gasteiger partial charge < -0.3 is 9.80 Å². The Kier molecular flexibility index (Phi) is 6.10. The van der Waals surface area contributed by atoms with Crippen molar-refractivity contribution in [2.45, 2.75) is 45.6 Å². The lowest BCUT2D eigenvalue weighted by Gasteiger charge is -2.32. The van der Waals surface area contributed by atoms with Crippen LogP contribution in [0.15, 0.2) is 59.4 Å². The summed E-state index contributed by atoms with van der Waals surface area (Å²) in [5.74, 6) is 0.0604. The number of amides is 2. The second-order valence-electron chi connectivity index (χ2n) is 10.6. The van der Waals surface area contributed by atoms with E-state index in [-0.39, 0.29) is 29.8 Å². The molecule has 1 fully saturated rings. The molecule has 8 nitrogen and oxygen atoms in total. The maximum Gasteiger partial charge on any atom is 0.277 e. The minimum atomic E-state index is -0.165. The Morgan fingerprint density at radius 1 is 0.921 bits per heavy atom. The van der Waals surface area contributed by atoms with Crippen LogP contribution in [0.1, 0.15) is 67.6 Å². The van der Waals surface area contributed by atoms with E-state index in [0.717, 1.165) is 41.9 Å². The summed E-state index contributed by atoms with van der Waals surface area (Å²) in [4.78, 5) is 48.2. The van der Waals surface area contributed by atoms with Gasteiger partial charge in [0.15, 0.2) is 5.65 Å². The normalized spacial score (nSPS) is 17.5. The highest BCUT2D eigenvalue weighted by molar-refractivity contribution is 5.95. The fourth-order valence-corrected chi connectivity index (χ4v) is 5.72. The van der Waals surface area contributed by atoms with Crippen molar-refractivity contribution < 1.29 is 9.59 Å². The van der Waals surface area contributed by atoms with Gasteiger partial charge >= 0.3 is 0 Å². The number of carbonyl (C=O) groups is 2. The summed E-state index contributed by atoms with van der Waals surface area (Å²) in [6.45, 7) is 6.03. The van der Waals surface area contributed by atoms with Gasteiger partial charge in [-0.1, -0.05) is 35.4 Å². The predicted octanol–water partition coefficient (Wildman–Crippen LogP) is 3.86. The number of carbonyl (C=O) groups excluding carboxylic acids is 2. The van der Waals surface area contributed by atoms with Crippen LogP contribution in [0, 0.1) is 13.8 Å². The maximum absolute atomic E-state index is 13.5. The predicted molar refractivity (Wildman–Crippen MR) is 144 cm³/mol. The Bertz CT molecular complexity index is 1620. The number of nitrogens with one attached hydrogen (secondary N) is 1. The van der Waals surface area contributed by atoms with E-state index < -0.39 is 0 Å². The van der Waals surface area contributed by atoms with Crippen LogP contribution in [0.25, 0.3) is 5.65 Å². The zero-order valence-corrected chi connectivity index (χ0v) is 21.7. The van der Waals surface area contributed by atoms with Crippen molar-refractivity contribution in [1.82, 2.24) is 24.4 Å². The first-order chi connectivity index (χ1) is 18.4. The van der Waals surface area contributed by atoms with Crippen LogP contribution in [-0.4, -0.2) is 55.8 Å². The number of benzene rings is 2. The molecule has 2 amide bonds. The van der Waals surface area contributed by atoms with Crippen LogP contribution in [0.4, 0.5) is 0 Å². The van der Waals surface area contributed by atoms with Gasteiger partial charge in [-0.15, -0.1) is 0 Å². The summed E-state index contributed by atoms with van der Waals surface area (Å²) in [5.41, 5.74) is 6.07. The largest absolute Gasteiger partial charge is 0.338 e. The molecule has 0 aliphatic carbocycles. The Hall–Kier alpha value is -4.20. The number of hydrogen-bond acceptors (Lipinski definition) is 4. The van der Waals surface area contributed by atoms with E-state index in [4.69, 9.17) is 4.98 Å².